The van der Waals surface area contributed by atoms with E-state index >= 15 is 0 Å². The molecule has 2 rings (SSSR count). The van der Waals surface area contributed by atoms with Crippen molar-refractivity contribution >= 4 is 0 Å². The average molecular weight is 427 g/mol. The Hall–Kier alpha value is -2.04. The van der Waals surface area contributed by atoms with Crippen molar-refractivity contribution in [2.24, 2.45) is 0 Å². The van der Waals surface area contributed by atoms with Gasteiger partial charge in [0.2, 0.25) is 0 Å². The number of benzene rings is 2. The molecular weight excluding hydrogens is 384 g/mol. The minimum absolute atomic E-state index is 0.0416. The highest BCUT2D eigenvalue weighted by molar-refractivity contribution is 5.43. The minimum atomic E-state index is -0.292. The number of para-hydroxylation sites is 2. The van der Waals surface area contributed by atoms with Gasteiger partial charge in [-0.25, -0.2) is 0 Å². The first-order valence-corrected chi connectivity index (χ1v) is 11.2. The van der Waals surface area contributed by atoms with Gasteiger partial charge in [0, 0.05) is 22.2 Å². The summed E-state index contributed by atoms with van der Waals surface area (Å²) in [5, 5.41) is 7.73. The van der Waals surface area contributed by atoms with Crippen LogP contribution in [0.25, 0.3) is 0 Å². The van der Waals surface area contributed by atoms with Crippen molar-refractivity contribution in [2.45, 2.75) is 91.1 Å². The van der Waals surface area contributed by atoms with Crippen LogP contribution >= 0.6 is 0 Å². The molecular formula is C27H42N2O2. The van der Waals surface area contributed by atoms with E-state index in [1.807, 2.05) is 18.2 Å². The summed E-state index contributed by atoms with van der Waals surface area (Å²) in [7, 11) is 1.73. The molecule has 0 aliphatic carbocycles. The van der Waals surface area contributed by atoms with Gasteiger partial charge in [0.15, 0.2) is 0 Å². The van der Waals surface area contributed by atoms with Gasteiger partial charge in [-0.2, -0.15) is 0 Å². The second kappa shape index (κ2) is 9.62. The summed E-state index contributed by atoms with van der Waals surface area (Å²) in [6.07, 6.45) is 0. The van der Waals surface area contributed by atoms with E-state index in [0.29, 0.717) is 0 Å². The quantitative estimate of drug-likeness (QED) is 0.535. The van der Waals surface area contributed by atoms with Crippen LogP contribution in [-0.2, 0) is 0 Å². The van der Waals surface area contributed by atoms with E-state index in [1.54, 1.807) is 7.11 Å². The van der Waals surface area contributed by atoms with Gasteiger partial charge < -0.3 is 20.1 Å². The maximum Gasteiger partial charge on any atom is 0.124 e. The smallest absolute Gasteiger partial charge is 0.124 e. The van der Waals surface area contributed by atoms with Gasteiger partial charge in [-0.1, -0.05) is 36.4 Å². The van der Waals surface area contributed by atoms with E-state index in [0.717, 1.165) is 22.6 Å². The lowest BCUT2D eigenvalue weighted by molar-refractivity contribution is 0.126. The molecule has 0 heterocycles. The highest BCUT2D eigenvalue weighted by Crippen LogP contribution is 2.40. The lowest BCUT2D eigenvalue weighted by atomic mass is 9.88. The number of methoxy groups -OCH3 is 1. The van der Waals surface area contributed by atoms with Crippen LogP contribution in [0.3, 0.4) is 0 Å². The maximum absolute atomic E-state index is 6.40. The molecule has 0 bridgehead atoms. The Labute approximate surface area is 189 Å². The van der Waals surface area contributed by atoms with Crippen LogP contribution in [0, 0.1) is 0 Å². The van der Waals surface area contributed by atoms with Gasteiger partial charge in [0.1, 0.15) is 17.1 Å². The molecule has 4 heteroatoms. The van der Waals surface area contributed by atoms with Crippen LogP contribution in [0.15, 0.2) is 48.5 Å². The maximum atomic E-state index is 6.40. The number of hydrogen-bond acceptors (Lipinski definition) is 4. The molecule has 4 nitrogen and oxygen atoms in total. The topological polar surface area (TPSA) is 42.5 Å². The molecule has 0 saturated heterocycles. The lowest BCUT2D eigenvalue weighted by Gasteiger charge is -2.40. The zero-order valence-corrected chi connectivity index (χ0v) is 21.1. The van der Waals surface area contributed by atoms with Crippen LogP contribution in [0.1, 0.15) is 85.5 Å². The van der Waals surface area contributed by atoms with Crippen molar-refractivity contribution < 1.29 is 9.47 Å². The molecule has 0 amide bonds. The molecule has 0 aliphatic heterocycles. The van der Waals surface area contributed by atoms with Crippen molar-refractivity contribution in [1.82, 2.24) is 10.6 Å². The first-order valence-electron chi connectivity index (χ1n) is 11.2. The van der Waals surface area contributed by atoms with E-state index in [-0.39, 0.29) is 28.8 Å². The fraction of sp³-hybridized carbons (Fsp3) is 0.556. The molecule has 0 aromatic heterocycles. The highest BCUT2D eigenvalue weighted by atomic mass is 16.5. The Morgan fingerprint density at radius 1 is 0.613 bits per heavy atom. The molecule has 2 atom stereocenters. The van der Waals surface area contributed by atoms with Gasteiger partial charge in [0.25, 0.3) is 0 Å². The summed E-state index contributed by atoms with van der Waals surface area (Å²) in [4.78, 5) is 0. The number of nitrogens with one attached hydrogen (secondary N) is 2. The van der Waals surface area contributed by atoms with E-state index in [2.05, 4.69) is 103 Å². The SMILES string of the molecule is COc1ccccc1[C@@H](NC(C)(C)C)[C@H](NC(C)(C)C)c1ccccc1OC(C)(C)C. The van der Waals surface area contributed by atoms with Crippen LogP contribution in [0.4, 0.5) is 0 Å². The first-order chi connectivity index (χ1) is 14.2. The Kier molecular flexibility index (Phi) is 7.83. The van der Waals surface area contributed by atoms with Crippen LogP contribution in [0.5, 0.6) is 11.5 Å². The third-order valence-corrected chi connectivity index (χ3v) is 4.65. The largest absolute Gasteiger partial charge is 0.496 e. The van der Waals surface area contributed by atoms with Gasteiger partial charge in [0.05, 0.1) is 19.2 Å². The monoisotopic (exact) mass is 426 g/mol. The molecule has 2 N–H and O–H groups in total. The zero-order chi connectivity index (χ0) is 23.4. The molecule has 0 saturated carbocycles. The molecule has 2 aromatic rings. The van der Waals surface area contributed by atoms with Crippen molar-refractivity contribution in [2.75, 3.05) is 7.11 Å². The third kappa shape index (κ3) is 7.86. The summed E-state index contributed by atoms with van der Waals surface area (Å²) in [5.74, 6) is 1.77. The van der Waals surface area contributed by atoms with E-state index in [4.69, 9.17) is 9.47 Å². The zero-order valence-electron chi connectivity index (χ0n) is 21.1. The number of hydrogen-bond donors (Lipinski definition) is 2. The Morgan fingerprint density at radius 2 is 1.00 bits per heavy atom. The van der Waals surface area contributed by atoms with Crippen molar-refractivity contribution in [3.63, 3.8) is 0 Å². The van der Waals surface area contributed by atoms with E-state index in [9.17, 15) is 0 Å². The van der Waals surface area contributed by atoms with Crippen LogP contribution in [0.2, 0.25) is 0 Å². The fourth-order valence-electron chi connectivity index (χ4n) is 3.70. The molecule has 172 valence electrons. The van der Waals surface area contributed by atoms with E-state index in [1.165, 1.54) is 0 Å². The average Bonchev–Trinajstić information content (AvgIpc) is 2.62. The summed E-state index contributed by atoms with van der Waals surface area (Å²) >= 11 is 0. The Bertz CT molecular complexity index is 841. The summed E-state index contributed by atoms with van der Waals surface area (Å²) in [5.41, 5.74) is 1.73. The van der Waals surface area contributed by atoms with Crippen LogP contribution in [-0.4, -0.2) is 23.8 Å². The fourth-order valence-corrected chi connectivity index (χ4v) is 3.70. The Balaban J connectivity index is 2.71. The molecule has 0 fully saturated rings. The predicted octanol–water partition coefficient (Wildman–Crippen LogP) is 6.43. The molecule has 0 aliphatic rings. The van der Waals surface area contributed by atoms with Gasteiger partial charge in [-0.3, -0.25) is 0 Å². The minimum Gasteiger partial charge on any atom is -0.496 e. The molecule has 0 radical (unpaired) electrons. The van der Waals surface area contributed by atoms with E-state index < -0.39 is 0 Å². The van der Waals surface area contributed by atoms with Gasteiger partial charge in [-0.05, 0) is 74.4 Å². The second-order valence-corrected chi connectivity index (χ2v) is 11.2. The summed E-state index contributed by atoms with van der Waals surface area (Å²) in [6.45, 7) is 19.4. The normalized spacial score (nSPS) is 14.8. The molecule has 31 heavy (non-hydrogen) atoms. The van der Waals surface area contributed by atoms with Gasteiger partial charge >= 0.3 is 0 Å². The van der Waals surface area contributed by atoms with Crippen LogP contribution < -0.4 is 20.1 Å². The lowest BCUT2D eigenvalue weighted by Crippen LogP contribution is -2.49. The third-order valence-electron chi connectivity index (χ3n) is 4.65. The second-order valence-electron chi connectivity index (χ2n) is 11.2. The molecule has 0 spiro atoms. The predicted molar refractivity (Wildman–Crippen MR) is 131 cm³/mol. The number of ether oxygens (including phenoxy) is 2. The molecule has 0 unspecified atom stereocenters. The Morgan fingerprint density at radius 3 is 1.39 bits per heavy atom. The highest BCUT2D eigenvalue weighted by Gasteiger charge is 2.34. The molecule has 2 aromatic carbocycles. The van der Waals surface area contributed by atoms with Gasteiger partial charge in [-0.15, -0.1) is 0 Å². The standard InChI is InChI=1S/C27H42N2O2/c1-25(2,3)28-23(19-15-11-13-17-21(19)30-10)24(29-26(4,5)6)20-16-12-14-18-22(20)31-27(7,8)9/h11-18,23-24,28-29H,1-10H3/t23-,24-/m1/s1. The van der Waals surface area contributed by atoms with Crippen molar-refractivity contribution in [3.05, 3.63) is 59.7 Å². The van der Waals surface area contributed by atoms with Crippen molar-refractivity contribution in [1.29, 1.82) is 0 Å². The summed E-state index contributed by atoms with van der Waals surface area (Å²) < 4.78 is 12.2. The number of rotatable bonds is 7. The first kappa shape index (κ1) is 25.2. The summed E-state index contributed by atoms with van der Waals surface area (Å²) in [6, 6.07) is 16.5. The van der Waals surface area contributed by atoms with Crippen molar-refractivity contribution in [3.8, 4) is 11.5 Å².